The van der Waals surface area contributed by atoms with Gasteiger partial charge in [0.2, 0.25) is 0 Å². The van der Waals surface area contributed by atoms with Crippen LogP contribution in [0.2, 0.25) is 0 Å². The smallest absolute Gasteiger partial charge is 0.173 e. The Hall–Kier alpha value is 0.530. The topological polar surface area (TPSA) is 38.7 Å². The van der Waals surface area contributed by atoms with Crippen molar-refractivity contribution in [3.8, 4) is 0 Å². The van der Waals surface area contributed by atoms with Crippen LogP contribution in [0.5, 0.6) is 0 Å². The molecule has 1 aliphatic heterocycles. The van der Waals surface area contributed by atoms with Gasteiger partial charge in [0.15, 0.2) is 7.15 Å². The van der Waals surface area contributed by atoms with Gasteiger partial charge in [-0.15, -0.1) is 0 Å². The van der Waals surface area contributed by atoms with Crippen LogP contribution in [0.25, 0.3) is 0 Å². The summed E-state index contributed by atoms with van der Waals surface area (Å²) in [6, 6.07) is 0. The molecule has 0 aromatic heterocycles. The zero-order valence-electron chi connectivity index (χ0n) is 6.45. The van der Waals surface area contributed by atoms with Gasteiger partial charge in [-0.1, -0.05) is 0 Å². The predicted octanol–water partition coefficient (Wildman–Crippen LogP) is 1.07. The van der Waals surface area contributed by atoms with E-state index < -0.39 is 7.15 Å². The first-order chi connectivity index (χ1) is 5.18. The molecule has 0 bridgehead atoms. The van der Waals surface area contributed by atoms with Gasteiger partial charge in [0.25, 0.3) is 0 Å². The largest absolute Gasteiger partial charge is 0.373 e. The molecule has 0 radical (unpaired) electrons. The summed E-state index contributed by atoms with van der Waals surface area (Å²) in [4.78, 5) is 8.72. The van der Waals surface area contributed by atoms with Gasteiger partial charge < -0.3 is 14.2 Å². The minimum absolute atomic E-state index is 0.153. The fourth-order valence-electron chi connectivity index (χ4n) is 1.17. The molecule has 3 atom stereocenters. The van der Waals surface area contributed by atoms with Crippen LogP contribution in [0.3, 0.4) is 0 Å². The number of ether oxygens (including phenoxy) is 1. The molecule has 0 aromatic rings. The van der Waals surface area contributed by atoms with Gasteiger partial charge in [-0.3, -0.25) is 0 Å². The van der Waals surface area contributed by atoms with Crippen LogP contribution < -0.4 is 0 Å². The third-order valence-electron chi connectivity index (χ3n) is 1.71. The zero-order valence-corrected chi connectivity index (χ0v) is 8.26. The van der Waals surface area contributed by atoms with Crippen LogP contribution in [0.15, 0.2) is 0 Å². The first-order valence-corrected chi connectivity index (χ1v) is 6.18. The lowest BCUT2D eigenvalue weighted by Gasteiger charge is -2.09. The molecule has 1 aliphatic rings. The molecule has 5 heteroatoms. The molecular weight excluding hydrogens is 183 g/mol. The van der Waals surface area contributed by atoms with Gasteiger partial charge in [-0.25, -0.2) is 0 Å². The summed E-state index contributed by atoms with van der Waals surface area (Å²) in [6.45, 7) is 2.50. The number of rotatable bonds is 3. The highest BCUT2D eigenvalue weighted by atomic mass is 32.4. The lowest BCUT2D eigenvalue weighted by atomic mass is 10.2. The molecule has 0 amide bonds. The quantitative estimate of drug-likeness (QED) is 0.685. The van der Waals surface area contributed by atoms with Crippen molar-refractivity contribution in [2.24, 2.45) is 0 Å². The second-order valence-electron chi connectivity index (χ2n) is 2.72. The summed E-state index contributed by atoms with van der Waals surface area (Å²) in [5.41, 5.74) is 0. The van der Waals surface area contributed by atoms with Gasteiger partial charge in [0, 0.05) is 0 Å². The van der Waals surface area contributed by atoms with Crippen LogP contribution in [0.1, 0.15) is 19.8 Å². The minimum Gasteiger partial charge on any atom is -0.373 e. The third-order valence-corrected chi connectivity index (χ3v) is 2.48. The third kappa shape index (κ3) is 3.63. The summed E-state index contributed by atoms with van der Waals surface area (Å²) in [6.07, 6.45) is 2.59. The zero-order chi connectivity index (χ0) is 8.27. The van der Waals surface area contributed by atoms with Gasteiger partial charge in [0.05, 0.1) is 18.8 Å². The van der Waals surface area contributed by atoms with Crippen molar-refractivity contribution in [2.75, 3.05) is 6.61 Å². The normalized spacial score (nSPS) is 34.0. The van der Waals surface area contributed by atoms with Crippen molar-refractivity contribution in [1.29, 1.82) is 0 Å². The van der Waals surface area contributed by atoms with E-state index >= 15 is 0 Å². The molecule has 1 rings (SSSR count). The van der Waals surface area contributed by atoms with E-state index in [1.54, 1.807) is 0 Å². The van der Waals surface area contributed by atoms with Crippen LogP contribution in [0.4, 0.5) is 0 Å². The van der Waals surface area contributed by atoms with Gasteiger partial charge in [-0.05, 0) is 31.6 Å². The summed E-state index contributed by atoms with van der Waals surface area (Å²) >= 11 is 4.52. The van der Waals surface area contributed by atoms with Gasteiger partial charge in [0.1, 0.15) is 0 Å². The van der Waals surface area contributed by atoms with E-state index in [1.165, 1.54) is 0 Å². The SMILES string of the molecule is C[C@H]1CC[C@@H](CO[PH](O)=S)O1. The molecule has 0 spiro atoms. The van der Waals surface area contributed by atoms with Crippen LogP contribution in [-0.4, -0.2) is 23.7 Å². The Balaban J connectivity index is 2.13. The van der Waals surface area contributed by atoms with Crippen LogP contribution in [0, 0.1) is 0 Å². The maximum Gasteiger partial charge on any atom is 0.173 e. The molecule has 1 saturated heterocycles. The maximum atomic E-state index is 8.72. The lowest BCUT2D eigenvalue weighted by molar-refractivity contribution is 0.0280. The van der Waals surface area contributed by atoms with Crippen molar-refractivity contribution in [2.45, 2.75) is 32.0 Å². The van der Waals surface area contributed by atoms with Crippen molar-refractivity contribution < 1.29 is 14.2 Å². The Labute approximate surface area is 72.3 Å². The molecule has 1 fully saturated rings. The molecule has 0 aliphatic carbocycles. The highest BCUT2D eigenvalue weighted by Crippen LogP contribution is 2.23. The average molecular weight is 196 g/mol. The molecule has 1 heterocycles. The Morgan fingerprint density at radius 1 is 1.73 bits per heavy atom. The molecule has 0 saturated carbocycles. The molecule has 1 unspecified atom stereocenters. The monoisotopic (exact) mass is 196 g/mol. The Morgan fingerprint density at radius 2 is 2.45 bits per heavy atom. The van der Waals surface area contributed by atoms with E-state index in [0.29, 0.717) is 12.7 Å². The highest BCUT2D eigenvalue weighted by molar-refractivity contribution is 8.00. The van der Waals surface area contributed by atoms with E-state index in [0.717, 1.165) is 12.8 Å². The number of hydrogen-bond donors (Lipinski definition) is 1. The first kappa shape index (κ1) is 9.62. The Kier molecular flexibility index (Phi) is 3.96. The fraction of sp³-hybridized carbons (Fsp3) is 1.00. The van der Waals surface area contributed by atoms with Crippen LogP contribution in [-0.2, 0) is 21.1 Å². The van der Waals surface area contributed by atoms with E-state index in [4.69, 9.17) is 14.2 Å². The molecule has 66 valence electrons. The van der Waals surface area contributed by atoms with E-state index in [-0.39, 0.29) is 6.10 Å². The Bertz CT molecular complexity index is 153. The van der Waals surface area contributed by atoms with E-state index in [2.05, 4.69) is 11.8 Å². The summed E-state index contributed by atoms with van der Waals surface area (Å²) < 4.78 is 10.4. The number of hydrogen-bond acceptors (Lipinski definition) is 3. The summed E-state index contributed by atoms with van der Waals surface area (Å²) in [7, 11) is -1.94. The minimum atomic E-state index is -1.94. The molecular formula is C6H13O3PS. The molecule has 3 nitrogen and oxygen atoms in total. The second-order valence-corrected chi connectivity index (χ2v) is 4.59. The van der Waals surface area contributed by atoms with E-state index in [9.17, 15) is 0 Å². The second kappa shape index (κ2) is 4.53. The summed E-state index contributed by atoms with van der Waals surface area (Å²) in [5.74, 6) is 0. The Morgan fingerprint density at radius 3 is 2.91 bits per heavy atom. The molecule has 1 N–H and O–H groups in total. The standard InChI is InChI=1S/C6H13O3PS/c1-5-2-3-6(9-5)4-8-10(7)11/h5-6,10H,2-4H2,1H3,(H,7,11)/t5-,6-/m0/s1. The van der Waals surface area contributed by atoms with Crippen molar-refractivity contribution in [3.05, 3.63) is 0 Å². The van der Waals surface area contributed by atoms with Gasteiger partial charge >= 0.3 is 0 Å². The van der Waals surface area contributed by atoms with Crippen LogP contribution >= 0.6 is 7.15 Å². The summed E-state index contributed by atoms with van der Waals surface area (Å²) in [5, 5.41) is 0. The lowest BCUT2D eigenvalue weighted by Crippen LogP contribution is -2.13. The highest BCUT2D eigenvalue weighted by Gasteiger charge is 2.21. The maximum absolute atomic E-state index is 8.72. The van der Waals surface area contributed by atoms with Crippen molar-refractivity contribution in [3.63, 3.8) is 0 Å². The fourth-order valence-corrected chi connectivity index (χ4v) is 1.70. The molecule has 11 heavy (non-hydrogen) atoms. The van der Waals surface area contributed by atoms with Gasteiger partial charge in [-0.2, -0.15) is 0 Å². The average Bonchev–Trinajstić information content (AvgIpc) is 2.31. The van der Waals surface area contributed by atoms with E-state index in [1.807, 2.05) is 6.92 Å². The predicted molar refractivity (Wildman–Crippen MR) is 47.4 cm³/mol. The van der Waals surface area contributed by atoms with Crippen molar-refractivity contribution in [1.82, 2.24) is 0 Å². The molecule has 0 aromatic carbocycles. The first-order valence-electron chi connectivity index (χ1n) is 3.69. The van der Waals surface area contributed by atoms with Crippen molar-refractivity contribution >= 4 is 19.0 Å².